The number of aromatic nitrogens is 3. The smallest absolute Gasteiger partial charge is 0.195 e. The lowest BCUT2D eigenvalue weighted by Crippen LogP contribution is -1.97. The first-order chi connectivity index (χ1) is 13.1. The predicted octanol–water partition coefficient (Wildman–Crippen LogP) is 4.82. The highest BCUT2D eigenvalue weighted by Crippen LogP contribution is 2.37. The van der Waals surface area contributed by atoms with Crippen molar-refractivity contribution in [2.75, 3.05) is 7.11 Å². The van der Waals surface area contributed by atoms with E-state index in [0.717, 1.165) is 44.5 Å². The molecule has 3 aromatic heterocycles. The zero-order valence-corrected chi connectivity index (χ0v) is 16.2. The minimum atomic E-state index is 0.281. The zero-order chi connectivity index (χ0) is 19.0. The van der Waals surface area contributed by atoms with Crippen molar-refractivity contribution in [3.8, 4) is 34.3 Å². The molecule has 0 aliphatic heterocycles. The second-order valence-electron chi connectivity index (χ2n) is 6.29. The molecule has 6 heteroatoms. The molecule has 0 aliphatic rings. The number of nitrogens with zero attached hydrogens (tertiary/aromatic N) is 4. The second-order valence-corrected chi connectivity index (χ2v) is 7.47. The molecule has 0 unspecified atom stereocenters. The SMILES string of the molecule is COc1ccc(-c2c(C)sc3nc(-c4cccnc4)c(CC#N)n23)cc1C. The van der Waals surface area contributed by atoms with Gasteiger partial charge >= 0.3 is 0 Å². The average Bonchev–Trinajstić information content (AvgIpc) is 3.18. The molecule has 0 saturated carbocycles. The molecule has 0 N–H and O–H groups in total. The number of imidazole rings is 1. The Bertz CT molecular complexity index is 1170. The van der Waals surface area contributed by atoms with E-state index in [4.69, 9.17) is 9.72 Å². The molecule has 0 bridgehead atoms. The number of thiazole rings is 1. The van der Waals surface area contributed by atoms with Crippen LogP contribution in [0.2, 0.25) is 0 Å². The Morgan fingerprint density at radius 1 is 1.22 bits per heavy atom. The minimum absolute atomic E-state index is 0.281. The van der Waals surface area contributed by atoms with Crippen molar-refractivity contribution in [2.45, 2.75) is 20.3 Å². The van der Waals surface area contributed by atoms with Crippen LogP contribution in [0.15, 0.2) is 42.7 Å². The maximum Gasteiger partial charge on any atom is 0.195 e. The fourth-order valence-corrected chi connectivity index (χ4v) is 4.41. The highest BCUT2D eigenvalue weighted by molar-refractivity contribution is 7.17. The Morgan fingerprint density at radius 2 is 2.07 bits per heavy atom. The number of ether oxygens (including phenoxy) is 1. The summed E-state index contributed by atoms with van der Waals surface area (Å²) >= 11 is 1.64. The number of methoxy groups -OCH3 is 1. The molecule has 4 aromatic rings. The Balaban J connectivity index is 1.99. The van der Waals surface area contributed by atoms with Crippen molar-refractivity contribution >= 4 is 16.3 Å². The Morgan fingerprint density at radius 3 is 2.74 bits per heavy atom. The Kier molecular flexibility index (Phi) is 4.38. The van der Waals surface area contributed by atoms with Crippen LogP contribution in [0.3, 0.4) is 0 Å². The number of pyridine rings is 1. The van der Waals surface area contributed by atoms with Gasteiger partial charge in [0.1, 0.15) is 5.75 Å². The monoisotopic (exact) mass is 374 g/mol. The third-order valence-corrected chi connectivity index (χ3v) is 5.55. The third kappa shape index (κ3) is 2.86. The maximum absolute atomic E-state index is 9.43. The van der Waals surface area contributed by atoms with Crippen LogP contribution in [0.5, 0.6) is 5.75 Å². The first-order valence-electron chi connectivity index (χ1n) is 8.57. The summed E-state index contributed by atoms with van der Waals surface area (Å²) in [5.74, 6) is 0.863. The number of aryl methyl sites for hydroxylation is 2. The van der Waals surface area contributed by atoms with E-state index in [-0.39, 0.29) is 6.42 Å². The summed E-state index contributed by atoms with van der Waals surface area (Å²) in [6.45, 7) is 4.13. The molecule has 0 fully saturated rings. The van der Waals surface area contributed by atoms with Crippen LogP contribution in [0.25, 0.3) is 27.5 Å². The second kappa shape index (κ2) is 6.86. The molecule has 0 saturated heterocycles. The number of nitriles is 1. The third-order valence-electron chi connectivity index (χ3n) is 4.59. The summed E-state index contributed by atoms with van der Waals surface area (Å²) in [5.41, 5.74) is 5.88. The number of rotatable bonds is 4. The van der Waals surface area contributed by atoms with Gasteiger partial charge in [-0.3, -0.25) is 9.38 Å². The van der Waals surface area contributed by atoms with Crippen molar-refractivity contribution in [3.63, 3.8) is 0 Å². The fraction of sp³-hybridized carbons (Fsp3) is 0.190. The van der Waals surface area contributed by atoms with Gasteiger partial charge < -0.3 is 4.74 Å². The van der Waals surface area contributed by atoms with Gasteiger partial charge in [-0.1, -0.05) is 0 Å². The Labute approximate surface area is 161 Å². The van der Waals surface area contributed by atoms with Gasteiger partial charge in [0.2, 0.25) is 0 Å². The number of hydrogen-bond donors (Lipinski definition) is 0. The summed E-state index contributed by atoms with van der Waals surface area (Å²) in [7, 11) is 1.68. The molecule has 1 aromatic carbocycles. The molecule has 0 atom stereocenters. The molecule has 4 rings (SSSR count). The summed E-state index contributed by atoms with van der Waals surface area (Å²) < 4.78 is 7.51. The normalized spacial score (nSPS) is 10.9. The van der Waals surface area contributed by atoms with E-state index in [0.29, 0.717) is 0 Å². The van der Waals surface area contributed by atoms with E-state index in [1.807, 2.05) is 25.1 Å². The van der Waals surface area contributed by atoms with Gasteiger partial charge in [-0.25, -0.2) is 4.98 Å². The van der Waals surface area contributed by atoms with E-state index < -0.39 is 0 Å². The Hall–Kier alpha value is -3.17. The number of benzene rings is 1. The van der Waals surface area contributed by atoms with E-state index in [1.54, 1.807) is 30.8 Å². The topological polar surface area (TPSA) is 63.2 Å². The van der Waals surface area contributed by atoms with Crippen molar-refractivity contribution in [3.05, 3.63) is 58.9 Å². The average molecular weight is 374 g/mol. The lowest BCUT2D eigenvalue weighted by molar-refractivity contribution is 0.412. The molecular weight excluding hydrogens is 356 g/mol. The molecule has 134 valence electrons. The molecule has 0 radical (unpaired) electrons. The standard InChI is InChI=1S/C21H18N4OS/c1-13-11-15(6-7-18(13)26-3)20-14(2)27-21-24-19(16-5-4-10-23-12-16)17(8-9-22)25(20)21/h4-7,10-12H,8H2,1-3H3. The quantitative estimate of drug-likeness (QED) is 0.514. The molecule has 3 heterocycles. The zero-order valence-electron chi connectivity index (χ0n) is 15.4. The molecule has 5 nitrogen and oxygen atoms in total. The van der Waals surface area contributed by atoms with Crippen molar-refractivity contribution in [2.24, 2.45) is 0 Å². The number of fused-ring (bicyclic) bond motifs is 1. The summed E-state index contributed by atoms with van der Waals surface area (Å²) in [5, 5.41) is 9.43. The van der Waals surface area contributed by atoms with Gasteiger partial charge in [0.05, 0.1) is 36.7 Å². The van der Waals surface area contributed by atoms with Crippen LogP contribution >= 0.6 is 11.3 Å². The first kappa shape index (κ1) is 17.3. The maximum atomic E-state index is 9.43. The minimum Gasteiger partial charge on any atom is -0.496 e. The molecule has 0 spiro atoms. The molecule has 0 aliphatic carbocycles. The van der Waals surface area contributed by atoms with Gasteiger partial charge in [0.15, 0.2) is 4.96 Å². The molecule has 0 amide bonds. The van der Waals surface area contributed by atoms with E-state index in [2.05, 4.69) is 34.5 Å². The van der Waals surface area contributed by atoms with Crippen molar-refractivity contribution in [1.82, 2.24) is 14.4 Å². The van der Waals surface area contributed by atoms with Crippen LogP contribution in [0.4, 0.5) is 0 Å². The van der Waals surface area contributed by atoms with Crippen molar-refractivity contribution in [1.29, 1.82) is 5.26 Å². The van der Waals surface area contributed by atoms with Gasteiger partial charge in [-0.2, -0.15) is 5.26 Å². The highest BCUT2D eigenvalue weighted by Gasteiger charge is 2.21. The number of hydrogen-bond acceptors (Lipinski definition) is 5. The summed E-state index contributed by atoms with van der Waals surface area (Å²) in [6.07, 6.45) is 3.81. The van der Waals surface area contributed by atoms with Crippen LogP contribution in [0, 0.1) is 25.2 Å². The first-order valence-corrected chi connectivity index (χ1v) is 9.38. The summed E-state index contributed by atoms with van der Waals surface area (Å²) in [4.78, 5) is 11.1. The predicted molar refractivity (Wildman–Crippen MR) is 107 cm³/mol. The highest BCUT2D eigenvalue weighted by atomic mass is 32.1. The van der Waals surface area contributed by atoms with E-state index in [9.17, 15) is 5.26 Å². The molecule has 27 heavy (non-hydrogen) atoms. The lowest BCUT2D eigenvalue weighted by atomic mass is 10.1. The lowest BCUT2D eigenvalue weighted by Gasteiger charge is -2.09. The molecular formula is C21H18N4OS. The summed E-state index contributed by atoms with van der Waals surface area (Å²) in [6, 6.07) is 12.3. The van der Waals surface area contributed by atoms with Gasteiger partial charge in [0, 0.05) is 28.4 Å². The van der Waals surface area contributed by atoms with E-state index in [1.165, 1.54) is 4.88 Å². The van der Waals surface area contributed by atoms with Gasteiger partial charge in [-0.05, 0) is 49.7 Å². The fourth-order valence-electron chi connectivity index (χ4n) is 3.40. The van der Waals surface area contributed by atoms with Crippen LogP contribution in [-0.4, -0.2) is 21.5 Å². The van der Waals surface area contributed by atoms with Crippen LogP contribution in [-0.2, 0) is 6.42 Å². The van der Waals surface area contributed by atoms with Gasteiger partial charge in [0.25, 0.3) is 0 Å². The van der Waals surface area contributed by atoms with Crippen LogP contribution in [0.1, 0.15) is 16.1 Å². The van der Waals surface area contributed by atoms with Crippen LogP contribution < -0.4 is 4.74 Å². The van der Waals surface area contributed by atoms with E-state index >= 15 is 0 Å². The largest absolute Gasteiger partial charge is 0.496 e. The van der Waals surface area contributed by atoms with Crippen molar-refractivity contribution < 1.29 is 4.74 Å². The van der Waals surface area contributed by atoms with Gasteiger partial charge in [-0.15, -0.1) is 11.3 Å².